The molecule has 0 radical (unpaired) electrons. The highest BCUT2D eigenvalue weighted by Crippen LogP contribution is 2.35. The van der Waals surface area contributed by atoms with E-state index < -0.39 is 32.2 Å². The molecule has 1 fully saturated rings. The van der Waals surface area contributed by atoms with Crippen molar-refractivity contribution in [2.75, 3.05) is 11.2 Å². The number of hydrogen-bond donors (Lipinski definition) is 1. The molecule has 0 bridgehead atoms. The van der Waals surface area contributed by atoms with Crippen molar-refractivity contribution >= 4 is 38.5 Å². The van der Waals surface area contributed by atoms with Gasteiger partial charge in [-0.2, -0.15) is 18.3 Å². The third-order valence-corrected chi connectivity index (χ3v) is 7.47. The van der Waals surface area contributed by atoms with Crippen molar-refractivity contribution in [2.45, 2.75) is 43.2 Å². The van der Waals surface area contributed by atoms with E-state index in [1.165, 1.54) is 24.3 Å². The molecule has 1 atom stereocenters. The molecule has 0 heterocycles. The van der Waals surface area contributed by atoms with Gasteiger partial charge in [0, 0.05) is 22.7 Å². The molecule has 178 valence electrons. The number of benzene rings is 2. The molecule has 1 saturated carbocycles. The molecule has 0 spiro atoms. The molecule has 0 aliphatic heterocycles. The van der Waals surface area contributed by atoms with Crippen molar-refractivity contribution < 1.29 is 26.5 Å². The molecule has 0 amide bonds. The molecule has 7 nitrogen and oxygen atoms in total. The van der Waals surface area contributed by atoms with Gasteiger partial charge in [-0.05, 0) is 62.1 Å². The van der Waals surface area contributed by atoms with Crippen molar-refractivity contribution in [2.24, 2.45) is 11.0 Å². The zero-order valence-electron chi connectivity index (χ0n) is 17.3. The van der Waals surface area contributed by atoms with E-state index in [4.69, 9.17) is 11.6 Å². The third kappa shape index (κ3) is 6.44. The maximum absolute atomic E-state index is 12.9. The maximum atomic E-state index is 12.9. The Morgan fingerprint density at radius 2 is 1.85 bits per heavy atom. The van der Waals surface area contributed by atoms with Crippen molar-refractivity contribution in [3.63, 3.8) is 0 Å². The summed E-state index contributed by atoms with van der Waals surface area (Å²) in [6.07, 6.45) is -1.44. The molecule has 1 aliphatic rings. The van der Waals surface area contributed by atoms with Crippen LogP contribution in [0.2, 0.25) is 5.02 Å². The fourth-order valence-corrected chi connectivity index (χ4v) is 5.18. The number of nitrogens with one attached hydrogen (secondary N) is 1. The van der Waals surface area contributed by atoms with Crippen LogP contribution in [0.4, 0.5) is 24.5 Å². The molecule has 2 aromatic carbocycles. The Balaban J connectivity index is 1.76. The number of sulfone groups is 1. The zero-order valence-corrected chi connectivity index (χ0v) is 18.9. The van der Waals surface area contributed by atoms with Crippen molar-refractivity contribution in [3.8, 4) is 0 Å². The minimum atomic E-state index is -4.71. The van der Waals surface area contributed by atoms with E-state index in [1.807, 2.05) is 0 Å². The van der Waals surface area contributed by atoms with E-state index in [9.17, 15) is 31.7 Å². The number of halogens is 4. The fourth-order valence-electron chi connectivity index (χ4n) is 3.67. The summed E-state index contributed by atoms with van der Waals surface area (Å²) in [5.74, 6) is -0.277. The summed E-state index contributed by atoms with van der Waals surface area (Å²) in [5.41, 5.74) is 1.12. The van der Waals surface area contributed by atoms with Crippen LogP contribution in [0.25, 0.3) is 0 Å². The van der Waals surface area contributed by atoms with Crippen molar-refractivity contribution in [1.29, 1.82) is 0 Å². The summed E-state index contributed by atoms with van der Waals surface area (Å²) in [6.45, 7) is 0. The topological polar surface area (TPSA) is 102 Å². The number of hydrogen-bond acceptors (Lipinski definition) is 6. The minimum Gasteiger partial charge on any atom is -0.272 e. The van der Waals surface area contributed by atoms with Gasteiger partial charge in [0.1, 0.15) is 5.69 Å². The van der Waals surface area contributed by atoms with Crippen LogP contribution in [0.1, 0.15) is 37.7 Å². The van der Waals surface area contributed by atoms with Crippen LogP contribution in [0.15, 0.2) is 52.5 Å². The molecular weight excluding hydrogens is 483 g/mol. The first-order valence-corrected chi connectivity index (χ1v) is 12.2. The standard InChI is InChI=1S/C21H21ClF3N3O4S/c22-16-6-8-17(9-7-16)33(31,32)12-11-14-3-1-2-4-18(14)26-27-19-10-5-15(21(23,24)25)13-20(19)28(29)30/h5-10,13-14,27H,1-4,11-12H2/b26-18+. The first-order valence-electron chi connectivity index (χ1n) is 10.1. The average molecular weight is 504 g/mol. The molecule has 1 N–H and O–H groups in total. The molecule has 2 aromatic rings. The number of anilines is 1. The average Bonchev–Trinajstić information content (AvgIpc) is 2.76. The first-order chi connectivity index (χ1) is 15.5. The summed E-state index contributed by atoms with van der Waals surface area (Å²) in [7, 11) is -3.53. The van der Waals surface area contributed by atoms with E-state index in [0.717, 1.165) is 25.0 Å². The zero-order chi connectivity index (χ0) is 24.2. The highest BCUT2D eigenvalue weighted by Gasteiger charge is 2.33. The summed E-state index contributed by atoms with van der Waals surface area (Å²) in [6, 6.07) is 8.06. The van der Waals surface area contributed by atoms with Gasteiger partial charge in [0.15, 0.2) is 9.84 Å². The second-order valence-electron chi connectivity index (χ2n) is 7.71. The van der Waals surface area contributed by atoms with Gasteiger partial charge in [0.05, 0.1) is 21.1 Å². The Labute approximate surface area is 193 Å². The predicted molar refractivity (Wildman–Crippen MR) is 119 cm³/mol. The second kappa shape index (κ2) is 10.1. The van der Waals surface area contributed by atoms with Crippen LogP contribution in [0.5, 0.6) is 0 Å². The highest BCUT2D eigenvalue weighted by atomic mass is 35.5. The van der Waals surface area contributed by atoms with Crippen LogP contribution >= 0.6 is 11.6 Å². The lowest BCUT2D eigenvalue weighted by Crippen LogP contribution is -2.23. The van der Waals surface area contributed by atoms with Crippen molar-refractivity contribution in [3.05, 3.63) is 63.2 Å². The lowest BCUT2D eigenvalue weighted by atomic mass is 9.85. The number of hydrazone groups is 1. The van der Waals surface area contributed by atoms with Crippen LogP contribution in [0, 0.1) is 16.0 Å². The van der Waals surface area contributed by atoms with E-state index >= 15 is 0 Å². The third-order valence-electron chi connectivity index (χ3n) is 5.46. The van der Waals surface area contributed by atoms with Crippen LogP contribution in [-0.4, -0.2) is 24.8 Å². The van der Waals surface area contributed by atoms with E-state index in [-0.39, 0.29) is 22.3 Å². The lowest BCUT2D eigenvalue weighted by molar-refractivity contribution is -0.384. The Morgan fingerprint density at radius 3 is 2.48 bits per heavy atom. The number of nitrogens with zero attached hydrogens (tertiary/aromatic N) is 2. The number of nitro groups is 1. The first kappa shape index (κ1) is 25.0. The van der Waals surface area contributed by atoms with Gasteiger partial charge in [-0.25, -0.2) is 8.42 Å². The molecule has 1 aliphatic carbocycles. The van der Waals surface area contributed by atoms with Gasteiger partial charge in [0.25, 0.3) is 5.69 Å². The summed E-state index contributed by atoms with van der Waals surface area (Å²) in [5, 5.41) is 15.9. The monoisotopic (exact) mass is 503 g/mol. The van der Waals surface area contributed by atoms with Gasteiger partial charge < -0.3 is 0 Å². The van der Waals surface area contributed by atoms with E-state index in [0.29, 0.717) is 36.1 Å². The van der Waals surface area contributed by atoms with Gasteiger partial charge in [-0.3, -0.25) is 15.5 Å². The van der Waals surface area contributed by atoms with Crippen LogP contribution in [0.3, 0.4) is 0 Å². The summed E-state index contributed by atoms with van der Waals surface area (Å²) in [4.78, 5) is 10.5. The number of rotatable bonds is 7. The van der Waals surface area contributed by atoms with Gasteiger partial charge in [0.2, 0.25) is 0 Å². The predicted octanol–water partition coefficient (Wildman–Crippen LogP) is 6.09. The largest absolute Gasteiger partial charge is 0.416 e. The Morgan fingerprint density at radius 1 is 1.15 bits per heavy atom. The lowest BCUT2D eigenvalue weighted by Gasteiger charge is -2.24. The molecule has 33 heavy (non-hydrogen) atoms. The number of alkyl halides is 3. The SMILES string of the molecule is O=[N+]([O-])c1cc(C(F)(F)F)ccc1N/N=C1\CCCCC1CCS(=O)(=O)c1ccc(Cl)cc1. The summed E-state index contributed by atoms with van der Waals surface area (Å²) < 4.78 is 63.9. The van der Waals surface area contributed by atoms with Gasteiger partial charge in [-0.1, -0.05) is 18.0 Å². The van der Waals surface area contributed by atoms with E-state index in [1.54, 1.807) is 0 Å². The smallest absolute Gasteiger partial charge is 0.272 e. The van der Waals surface area contributed by atoms with Gasteiger partial charge >= 0.3 is 6.18 Å². The van der Waals surface area contributed by atoms with E-state index in [2.05, 4.69) is 10.5 Å². The minimum absolute atomic E-state index is 0.112. The second-order valence-corrected chi connectivity index (χ2v) is 10.3. The Hall–Kier alpha value is -2.66. The molecule has 1 unspecified atom stereocenters. The molecule has 0 saturated heterocycles. The normalized spacial score (nSPS) is 18.3. The molecular formula is C21H21ClF3N3O4S. The highest BCUT2D eigenvalue weighted by molar-refractivity contribution is 7.91. The molecule has 3 rings (SSSR count). The Kier molecular flexibility index (Phi) is 7.63. The quantitative estimate of drug-likeness (QED) is 0.364. The molecule has 12 heteroatoms. The van der Waals surface area contributed by atoms with Crippen LogP contribution < -0.4 is 5.43 Å². The Bertz CT molecular complexity index is 1150. The number of nitro benzene ring substituents is 1. The summed E-state index contributed by atoms with van der Waals surface area (Å²) >= 11 is 5.81. The van der Waals surface area contributed by atoms with Gasteiger partial charge in [-0.15, -0.1) is 0 Å². The van der Waals surface area contributed by atoms with Crippen LogP contribution in [-0.2, 0) is 16.0 Å². The van der Waals surface area contributed by atoms with Crippen molar-refractivity contribution in [1.82, 2.24) is 0 Å². The molecule has 0 aromatic heterocycles. The fraction of sp³-hybridized carbons (Fsp3) is 0.381. The maximum Gasteiger partial charge on any atom is 0.416 e.